The molecule has 162 valence electrons. The van der Waals surface area contributed by atoms with E-state index in [1.807, 2.05) is 30.3 Å². The van der Waals surface area contributed by atoms with Crippen molar-refractivity contribution < 1.29 is 4.79 Å². The quantitative estimate of drug-likeness (QED) is 0.383. The molecule has 0 fully saturated rings. The second-order valence-electron chi connectivity index (χ2n) is 9.65. The first kappa shape index (κ1) is 24.1. The molecule has 0 spiro atoms. The van der Waals surface area contributed by atoms with Gasteiger partial charge in [-0.25, -0.2) is 0 Å². The van der Waals surface area contributed by atoms with Crippen molar-refractivity contribution in [2.45, 2.75) is 78.4 Å². The smallest absolute Gasteiger partial charge is 0.225 e. The van der Waals surface area contributed by atoms with Gasteiger partial charge in [0, 0.05) is 23.9 Å². The lowest BCUT2D eigenvalue weighted by Gasteiger charge is -2.38. The van der Waals surface area contributed by atoms with Gasteiger partial charge >= 0.3 is 0 Å². The highest BCUT2D eigenvalue weighted by Gasteiger charge is 2.41. The summed E-state index contributed by atoms with van der Waals surface area (Å²) in [6.07, 6.45) is 2.17. The molecule has 1 N–H and O–H groups in total. The number of pyridine rings is 1. The third kappa shape index (κ3) is 5.32. The molecule has 3 nitrogen and oxygen atoms in total. The highest BCUT2D eigenvalue weighted by molar-refractivity contribution is 6.90. The Bertz CT molecular complexity index is 894. The first-order valence-corrected chi connectivity index (χ1v) is 13.5. The summed E-state index contributed by atoms with van der Waals surface area (Å²) in [5, 5.41) is 4.10. The van der Waals surface area contributed by atoms with E-state index in [2.05, 4.69) is 77.2 Å². The minimum absolute atomic E-state index is 0.00654. The molecule has 1 amide bonds. The summed E-state index contributed by atoms with van der Waals surface area (Å²) in [4.78, 5) is 17.3. The Labute approximate surface area is 184 Å². The fraction of sp³-hybridized carbons (Fsp3) is 0.538. The first-order valence-electron chi connectivity index (χ1n) is 11.3. The molecular formula is C26H38N2OSi. The van der Waals surface area contributed by atoms with Gasteiger partial charge in [0.2, 0.25) is 5.91 Å². The molecule has 0 radical (unpaired) electrons. The average Bonchev–Trinajstić information content (AvgIpc) is 2.66. The number of fused-ring (bicyclic) bond motifs is 1. The van der Waals surface area contributed by atoms with Crippen LogP contribution in [0, 0.1) is 23.3 Å². The lowest BCUT2D eigenvalue weighted by atomic mass is 9.93. The summed E-state index contributed by atoms with van der Waals surface area (Å²) in [5.74, 6) is 3.98. The Morgan fingerprint density at radius 2 is 1.57 bits per heavy atom. The standard InChI is InChI=1S/C26H38N2OSi/c1-18(2)23(14-16-30(19(3)4,20(5)6)21(7)8)17-25(29)28-24-13-9-11-22-12-10-15-27-26(22)24/h9-13,15,18-21,23H,17H2,1-8H3,(H,28,29). The van der Waals surface area contributed by atoms with Gasteiger partial charge in [0.15, 0.2) is 0 Å². The molecule has 30 heavy (non-hydrogen) atoms. The molecule has 1 aromatic carbocycles. The van der Waals surface area contributed by atoms with E-state index in [-0.39, 0.29) is 11.8 Å². The molecule has 1 unspecified atom stereocenters. The summed E-state index contributed by atoms with van der Waals surface area (Å²) >= 11 is 0. The predicted molar refractivity (Wildman–Crippen MR) is 132 cm³/mol. The zero-order valence-corrected chi connectivity index (χ0v) is 20.9. The maximum absolute atomic E-state index is 12.9. The number of aromatic nitrogens is 1. The van der Waals surface area contributed by atoms with Crippen molar-refractivity contribution >= 4 is 30.6 Å². The van der Waals surface area contributed by atoms with E-state index < -0.39 is 8.07 Å². The Hall–Kier alpha value is -2.12. The molecule has 0 aliphatic heterocycles. The second-order valence-corrected chi connectivity index (χ2v) is 15.2. The van der Waals surface area contributed by atoms with Gasteiger partial charge in [-0.2, -0.15) is 0 Å². The normalized spacial score (nSPS) is 13.1. The fourth-order valence-corrected chi connectivity index (χ4v) is 10.0. The lowest BCUT2D eigenvalue weighted by molar-refractivity contribution is -0.117. The lowest BCUT2D eigenvalue weighted by Crippen LogP contribution is -2.43. The van der Waals surface area contributed by atoms with E-state index in [1.54, 1.807) is 6.20 Å². The van der Waals surface area contributed by atoms with Crippen LogP contribution in [0.1, 0.15) is 61.8 Å². The van der Waals surface area contributed by atoms with Gasteiger partial charge in [-0.3, -0.25) is 9.78 Å². The highest BCUT2D eigenvalue weighted by Crippen LogP contribution is 2.41. The molecule has 1 aromatic heterocycles. The van der Waals surface area contributed by atoms with E-state index in [0.29, 0.717) is 29.0 Å². The number of hydrogen-bond donors (Lipinski definition) is 1. The molecule has 4 heteroatoms. The number of para-hydroxylation sites is 1. The molecule has 0 saturated heterocycles. The van der Waals surface area contributed by atoms with Crippen LogP contribution in [0.5, 0.6) is 0 Å². The van der Waals surface area contributed by atoms with Crippen LogP contribution in [-0.4, -0.2) is 19.0 Å². The number of hydrogen-bond acceptors (Lipinski definition) is 2. The monoisotopic (exact) mass is 422 g/mol. The molecule has 2 aromatic rings. The number of carbonyl (C=O) groups excluding carboxylic acids is 1. The van der Waals surface area contributed by atoms with Crippen LogP contribution in [0.25, 0.3) is 10.9 Å². The molecule has 0 bridgehead atoms. The Balaban J connectivity index is 2.26. The van der Waals surface area contributed by atoms with Crippen molar-refractivity contribution in [1.29, 1.82) is 0 Å². The van der Waals surface area contributed by atoms with Crippen molar-refractivity contribution in [3.05, 3.63) is 36.5 Å². The summed E-state index contributed by atoms with van der Waals surface area (Å²) in [6.45, 7) is 18.3. The van der Waals surface area contributed by atoms with Gasteiger partial charge in [-0.1, -0.05) is 73.6 Å². The van der Waals surface area contributed by atoms with Gasteiger partial charge in [0.1, 0.15) is 8.07 Å². The molecule has 1 heterocycles. The summed E-state index contributed by atoms with van der Waals surface area (Å²) in [7, 11) is -1.80. The van der Waals surface area contributed by atoms with Crippen LogP contribution >= 0.6 is 0 Å². The number of carbonyl (C=O) groups is 1. The van der Waals surface area contributed by atoms with Crippen LogP contribution in [0.4, 0.5) is 5.69 Å². The van der Waals surface area contributed by atoms with E-state index in [9.17, 15) is 4.79 Å². The van der Waals surface area contributed by atoms with Crippen molar-refractivity contribution in [2.24, 2.45) is 11.8 Å². The van der Waals surface area contributed by atoms with Crippen molar-refractivity contribution in [3.63, 3.8) is 0 Å². The maximum Gasteiger partial charge on any atom is 0.225 e. The van der Waals surface area contributed by atoms with Crippen LogP contribution < -0.4 is 5.32 Å². The third-order valence-electron chi connectivity index (χ3n) is 6.46. The second kappa shape index (κ2) is 10.3. The van der Waals surface area contributed by atoms with Gasteiger partial charge < -0.3 is 5.32 Å². The zero-order valence-electron chi connectivity index (χ0n) is 19.9. The minimum Gasteiger partial charge on any atom is -0.324 e. The average molecular weight is 423 g/mol. The Kier molecular flexibility index (Phi) is 8.26. The summed E-state index contributed by atoms with van der Waals surface area (Å²) in [6, 6.07) is 9.79. The SMILES string of the molecule is CC(C)C(C#C[Si](C(C)C)(C(C)C)C(C)C)CC(=O)Nc1cccc2cccnc12. The van der Waals surface area contributed by atoms with Gasteiger partial charge in [0.25, 0.3) is 0 Å². The Morgan fingerprint density at radius 3 is 2.13 bits per heavy atom. The van der Waals surface area contributed by atoms with E-state index in [0.717, 1.165) is 16.6 Å². The number of benzene rings is 1. The van der Waals surface area contributed by atoms with Crippen LogP contribution in [0.3, 0.4) is 0 Å². The number of anilines is 1. The number of nitrogens with zero attached hydrogens (tertiary/aromatic N) is 1. The zero-order chi connectivity index (χ0) is 22.5. The van der Waals surface area contributed by atoms with Gasteiger partial charge in [-0.05, 0) is 34.7 Å². The first-order chi connectivity index (χ1) is 14.1. The summed E-state index contributed by atoms with van der Waals surface area (Å²) in [5.41, 5.74) is 7.17. The molecule has 0 saturated carbocycles. The topological polar surface area (TPSA) is 42.0 Å². The van der Waals surface area contributed by atoms with E-state index in [1.165, 1.54) is 0 Å². The van der Waals surface area contributed by atoms with Crippen LogP contribution in [0.2, 0.25) is 16.6 Å². The molecular weight excluding hydrogens is 384 g/mol. The fourth-order valence-electron chi connectivity index (χ4n) is 4.71. The molecule has 2 rings (SSSR count). The summed E-state index contributed by atoms with van der Waals surface area (Å²) < 4.78 is 0. The maximum atomic E-state index is 12.9. The van der Waals surface area contributed by atoms with Crippen molar-refractivity contribution in [2.75, 3.05) is 5.32 Å². The molecule has 1 atom stereocenters. The van der Waals surface area contributed by atoms with E-state index in [4.69, 9.17) is 0 Å². The number of amides is 1. The predicted octanol–water partition coefficient (Wildman–Crippen LogP) is 7.06. The van der Waals surface area contributed by atoms with Crippen molar-refractivity contribution in [1.82, 2.24) is 4.98 Å². The van der Waals surface area contributed by atoms with Crippen LogP contribution in [0.15, 0.2) is 36.5 Å². The largest absolute Gasteiger partial charge is 0.324 e. The van der Waals surface area contributed by atoms with Crippen molar-refractivity contribution in [3.8, 4) is 11.5 Å². The third-order valence-corrected chi connectivity index (χ3v) is 12.8. The van der Waals surface area contributed by atoms with Gasteiger partial charge in [0.05, 0.1) is 11.2 Å². The molecule has 0 aliphatic carbocycles. The number of rotatable bonds is 7. The van der Waals surface area contributed by atoms with E-state index >= 15 is 0 Å². The van der Waals surface area contributed by atoms with Crippen LogP contribution in [-0.2, 0) is 4.79 Å². The van der Waals surface area contributed by atoms with Gasteiger partial charge in [-0.15, -0.1) is 11.5 Å². The molecule has 0 aliphatic rings. The highest BCUT2D eigenvalue weighted by atomic mass is 28.3. The number of nitrogens with one attached hydrogen (secondary N) is 1. The Morgan fingerprint density at radius 1 is 0.967 bits per heavy atom. The minimum atomic E-state index is -1.80.